The first-order valence-electron chi connectivity index (χ1n) is 6.05. The summed E-state index contributed by atoms with van der Waals surface area (Å²) in [4.78, 5) is 4.19. The van der Waals surface area contributed by atoms with Crippen molar-refractivity contribution in [2.75, 3.05) is 19.0 Å². The molecule has 0 aliphatic rings. The van der Waals surface area contributed by atoms with Gasteiger partial charge in [0.1, 0.15) is 0 Å². The minimum atomic E-state index is -0.0364. The van der Waals surface area contributed by atoms with E-state index in [0.29, 0.717) is 17.4 Å². The fraction of sp³-hybridized carbons (Fsp3) is 0.214. The number of pyridine rings is 1. The van der Waals surface area contributed by atoms with Crippen LogP contribution in [-0.2, 0) is 0 Å². The Morgan fingerprint density at radius 3 is 2.75 bits per heavy atom. The molecule has 2 aromatic rings. The zero-order valence-electron chi connectivity index (χ0n) is 10.9. The number of benzene rings is 1. The van der Waals surface area contributed by atoms with E-state index in [2.05, 4.69) is 26.2 Å². The van der Waals surface area contributed by atoms with Crippen LogP contribution in [0.15, 0.2) is 41.0 Å². The number of hydrogen-bond donors (Lipinski definition) is 2. The van der Waals surface area contributed by atoms with Crippen molar-refractivity contribution >= 4 is 33.2 Å². The second-order valence-corrected chi connectivity index (χ2v) is 5.46. The highest BCUT2D eigenvalue weighted by Crippen LogP contribution is 2.27. The van der Waals surface area contributed by atoms with Crippen LogP contribution in [0.25, 0.3) is 0 Å². The van der Waals surface area contributed by atoms with Crippen molar-refractivity contribution < 1.29 is 4.74 Å². The van der Waals surface area contributed by atoms with Crippen LogP contribution in [0.3, 0.4) is 0 Å². The van der Waals surface area contributed by atoms with Gasteiger partial charge in [-0.3, -0.25) is 0 Å². The molecule has 1 atom stereocenters. The van der Waals surface area contributed by atoms with Crippen molar-refractivity contribution in [3.05, 3.63) is 51.6 Å². The summed E-state index contributed by atoms with van der Waals surface area (Å²) < 4.78 is 5.91. The largest absolute Gasteiger partial charge is 0.481 e. The van der Waals surface area contributed by atoms with Crippen LogP contribution in [-0.4, -0.2) is 18.6 Å². The smallest absolute Gasteiger partial charge is 0.212 e. The van der Waals surface area contributed by atoms with E-state index in [0.717, 1.165) is 15.7 Å². The summed E-state index contributed by atoms with van der Waals surface area (Å²) >= 11 is 9.44. The summed E-state index contributed by atoms with van der Waals surface area (Å²) in [7, 11) is 1.59. The van der Waals surface area contributed by atoms with Crippen LogP contribution < -0.4 is 15.8 Å². The Labute approximate surface area is 131 Å². The molecule has 2 rings (SSSR count). The third kappa shape index (κ3) is 3.62. The standard InChI is InChI=1S/C14H15BrClN3O/c1-20-14-5-2-9(8-18-14)13(7-17)19-10-3-4-11(15)12(16)6-10/h2-6,8,13,19H,7,17H2,1H3. The van der Waals surface area contributed by atoms with Gasteiger partial charge in [-0.1, -0.05) is 17.7 Å². The van der Waals surface area contributed by atoms with E-state index in [4.69, 9.17) is 22.1 Å². The molecule has 1 heterocycles. The Morgan fingerprint density at radius 2 is 2.20 bits per heavy atom. The summed E-state index contributed by atoms with van der Waals surface area (Å²) in [5.41, 5.74) is 7.73. The lowest BCUT2D eigenvalue weighted by Crippen LogP contribution is -2.20. The average molecular weight is 357 g/mol. The first kappa shape index (κ1) is 15.1. The van der Waals surface area contributed by atoms with E-state index < -0.39 is 0 Å². The first-order valence-corrected chi connectivity index (χ1v) is 7.22. The Balaban J connectivity index is 2.16. The molecule has 3 N–H and O–H groups in total. The summed E-state index contributed by atoms with van der Waals surface area (Å²) in [5, 5.41) is 3.99. The van der Waals surface area contributed by atoms with Crippen LogP contribution in [0.2, 0.25) is 5.02 Å². The SMILES string of the molecule is COc1ccc(C(CN)Nc2ccc(Br)c(Cl)c2)cn1. The van der Waals surface area contributed by atoms with Gasteiger partial charge in [-0.2, -0.15) is 0 Å². The van der Waals surface area contributed by atoms with Crippen LogP contribution in [0.1, 0.15) is 11.6 Å². The molecule has 1 aromatic heterocycles. The second kappa shape index (κ2) is 6.92. The summed E-state index contributed by atoms with van der Waals surface area (Å²) in [5.74, 6) is 0.580. The molecule has 1 unspecified atom stereocenters. The molecule has 0 saturated heterocycles. The molecule has 0 fully saturated rings. The number of rotatable bonds is 5. The van der Waals surface area contributed by atoms with E-state index >= 15 is 0 Å². The lowest BCUT2D eigenvalue weighted by molar-refractivity contribution is 0.397. The number of anilines is 1. The topological polar surface area (TPSA) is 60.2 Å². The monoisotopic (exact) mass is 355 g/mol. The number of nitrogens with zero attached hydrogens (tertiary/aromatic N) is 1. The van der Waals surface area contributed by atoms with Crippen molar-refractivity contribution in [1.29, 1.82) is 0 Å². The second-order valence-electron chi connectivity index (χ2n) is 4.20. The number of halogens is 2. The highest BCUT2D eigenvalue weighted by molar-refractivity contribution is 9.10. The minimum Gasteiger partial charge on any atom is -0.481 e. The molecule has 0 bridgehead atoms. The highest BCUT2D eigenvalue weighted by Gasteiger charge is 2.11. The fourth-order valence-electron chi connectivity index (χ4n) is 1.78. The number of ether oxygens (including phenoxy) is 1. The van der Waals surface area contributed by atoms with Crippen molar-refractivity contribution in [3.63, 3.8) is 0 Å². The maximum atomic E-state index is 6.08. The maximum absolute atomic E-state index is 6.08. The fourth-order valence-corrected chi connectivity index (χ4v) is 2.21. The maximum Gasteiger partial charge on any atom is 0.212 e. The van der Waals surface area contributed by atoms with Gasteiger partial charge in [0.2, 0.25) is 5.88 Å². The summed E-state index contributed by atoms with van der Waals surface area (Å²) in [6, 6.07) is 9.40. The number of aromatic nitrogens is 1. The predicted octanol–water partition coefficient (Wildman–Crippen LogP) is 3.62. The number of hydrogen-bond acceptors (Lipinski definition) is 4. The zero-order valence-corrected chi connectivity index (χ0v) is 13.3. The molecule has 6 heteroatoms. The lowest BCUT2D eigenvalue weighted by Gasteiger charge is -2.19. The molecule has 4 nitrogen and oxygen atoms in total. The highest BCUT2D eigenvalue weighted by atomic mass is 79.9. The molecule has 0 aliphatic heterocycles. The van der Waals surface area contributed by atoms with Gasteiger partial charge in [-0.25, -0.2) is 4.98 Å². The van der Waals surface area contributed by atoms with Gasteiger partial charge in [0, 0.05) is 29.0 Å². The average Bonchev–Trinajstić information content (AvgIpc) is 2.48. The van der Waals surface area contributed by atoms with Crippen LogP contribution >= 0.6 is 27.5 Å². The Morgan fingerprint density at radius 1 is 1.40 bits per heavy atom. The Bertz CT molecular complexity index is 577. The van der Waals surface area contributed by atoms with Crippen LogP contribution in [0, 0.1) is 0 Å². The Hall–Kier alpha value is -1.30. The molecule has 0 aliphatic carbocycles. The first-order chi connectivity index (χ1) is 9.63. The van der Waals surface area contributed by atoms with E-state index in [9.17, 15) is 0 Å². The predicted molar refractivity (Wildman–Crippen MR) is 85.4 cm³/mol. The van der Waals surface area contributed by atoms with E-state index in [1.807, 2.05) is 30.3 Å². The Kier molecular flexibility index (Phi) is 5.23. The van der Waals surface area contributed by atoms with Crippen molar-refractivity contribution in [3.8, 4) is 5.88 Å². The van der Waals surface area contributed by atoms with Crippen molar-refractivity contribution in [2.24, 2.45) is 5.73 Å². The molecule has 0 spiro atoms. The van der Waals surface area contributed by atoms with E-state index in [1.54, 1.807) is 13.3 Å². The molecule has 20 heavy (non-hydrogen) atoms. The van der Waals surface area contributed by atoms with Gasteiger partial charge in [0.25, 0.3) is 0 Å². The molecule has 0 amide bonds. The minimum absolute atomic E-state index is 0.0364. The summed E-state index contributed by atoms with van der Waals surface area (Å²) in [6.45, 7) is 0.446. The van der Waals surface area contributed by atoms with Gasteiger partial charge < -0.3 is 15.8 Å². The normalized spacial score (nSPS) is 12.0. The molecule has 0 saturated carbocycles. The third-order valence-electron chi connectivity index (χ3n) is 2.87. The van der Waals surface area contributed by atoms with E-state index in [1.165, 1.54) is 0 Å². The van der Waals surface area contributed by atoms with Crippen molar-refractivity contribution in [2.45, 2.75) is 6.04 Å². The van der Waals surface area contributed by atoms with E-state index in [-0.39, 0.29) is 6.04 Å². The number of nitrogens with two attached hydrogens (primary N) is 1. The van der Waals surface area contributed by atoms with Gasteiger partial charge in [0.15, 0.2) is 0 Å². The lowest BCUT2D eigenvalue weighted by atomic mass is 10.1. The molecule has 106 valence electrons. The van der Waals surface area contributed by atoms with Crippen molar-refractivity contribution in [1.82, 2.24) is 4.98 Å². The quantitative estimate of drug-likeness (QED) is 0.859. The van der Waals surface area contributed by atoms with Crippen LogP contribution in [0.5, 0.6) is 5.88 Å². The number of nitrogens with one attached hydrogen (secondary N) is 1. The van der Waals surface area contributed by atoms with Gasteiger partial charge in [0.05, 0.1) is 18.2 Å². The number of methoxy groups -OCH3 is 1. The van der Waals surface area contributed by atoms with Gasteiger partial charge >= 0.3 is 0 Å². The van der Waals surface area contributed by atoms with Gasteiger partial charge in [-0.05, 0) is 39.7 Å². The molecular formula is C14H15BrClN3O. The molecule has 0 radical (unpaired) electrons. The molecular weight excluding hydrogens is 342 g/mol. The molecule has 1 aromatic carbocycles. The van der Waals surface area contributed by atoms with Crippen LogP contribution in [0.4, 0.5) is 5.69 Å². The van der Waals surface area contributed by atoms with Gasteiger partial charge in [-0.15, -0.1) is 0 Å². The summed E-state index contributed by atoms with van der Waals surface area (Å²) in [6.07, 6.45) is 1.75. The zero-order chi connectivity index (χ0) is 14.5. The third-order valence-corrected chi connectivity index (χ3v) is 4.10.